The van der Waals surface area contributed by atoms with E-state index < -0.39 is 24.3 Å². The minimum Gasteiger partial charge on any atom is -0.375 e. The first-order chi connectivity index (χ1) is 18.1. The van der Waals surface area contributed by atoms with Crippen molar-refractivity contribution in [2.45, 2.75) is 57.1 Å². The van der Waals surface area contributed by atoms with Crippen LogP contribution >= 0.6 is 0 Å². The van der Waals surface area contributed by atoms with Crippen LogP contribution < -0.4 is 10.6 Å². The van der Waals surface area contributed by atoms with Crippen molar-refractivity contribution in [1.82, 2.24) is 10.6 Å². The summed E-state index contributed by atoms with van der Waals surface area (Å²) in [6.07, 6.45) is -1.06. The zero-order valence-electron chi connectivity index (χ0n) is 21.0. The molecule has 0 bridgehead atoms. The second kappa shape index (κ2) is 13.7. The number of benzene rings is 3. The van der Waals surface area contributed by atoms with E-state index in [1.807, 2.05) is 91.0 Å². The van der Waals surface area contributed by atoms with Gasteiger partial charge < -0.3 is 19.5 Å². The summed E-state index contributed by atoms with van der Waals surface area (Å²) < 4.78 is 19.0. The summed E-state index contributed by atoms with van der Waals surface area (Å²) in [5.74, 6) is -0.235. The molecule has 1 aliphatic heterocycles. The van der Waals surface area contributed by atoms with Gasteiger partial charge in [0, 0.05) is 6.92 Å². The summed E-state index contributed by atoms with van der Waals surface area (Å²) in [5, 5.41) is 16.3. The maximum atomic E-state index is 12.1. The van der Waals surface area contributed by atoms with Crippen LogP contribution in [0, 0.1) is 11.3 Å². The topological polar surface area (TPSA) is 92.6 Å². The number of hydrogen-bond donors (Lipinski definition) is 2. The molecule has 1 fully saturated rings. The molecule has 0 aliphatic carbocycles. The third-order valence-corrected chi connectivity index (χ3v) is 6.32. The quantitative estimate of drug-likeness (QED) is 0.418. The minimum absolute atomic E-state index is 0.235. The first kappa shape index (κ1) is 26.5. The highest BCUT2D eigenvalue weighted by atomic mass is 16.5. The van der Waals surface area contributed by atoms with Gasteiger partial charge in [0.25, 0.3) is 0 Å². The van der Waals surface area contributed by atoms with E-state index in [-0.39, 0.29) is 11.9 Å². The summed E-state index contributed by atoms with van der Waals surface area (Å²) >= 11 is 0. The summed E-state index contributed by atoms with van der Waals surface area (Å²) in [7, 11) is 0. The molecule has 7 nitrogen and oxygen atoms in total. The largest absolute Gasteiger partial charge is 0.375 e. The molecule has 7 heteroatoms. The van der Waals surface area contributed by atoms with Gasteiger partial charge in [-0.3, -0.25) is 10.1 Å². The average Bonchev–Trinajstić information content (AvgIpc) is 2.93. The molecule has 2 N–H and O–H groups in total. The van der Waals surface area contributed by atoms with Gasteiger partial charge in [-0.1, -0.05) is 91.0 Å². The molecule has 1 aliphatic rings. The SMILES string of the molecule is CC(=O)N[C@@H]1[C@@H](OCc2ccccc2)[C@H](OCc2ccccc2)[C@@H](COCc2ccccc2)N[C@H]1C#N. The Balaban J connectivity index is 1.57. The van der Waals surface area contributed by atoms with Crippen LogP contribution in [0.3, 0.4) is 0 Å². The second-order valence-electron chi connectivity index (χ2n) is 9.13. The van der Waals surface area contributed by atoms with E-state index in [1.165, 1.54) is 6.92 Å². The molecule has 3 aromatic rings. The molecule has 0 saturated carbocycles. The summed E-state index contributed by atoms with van der Waals surface area (Å²) in [6, 6.07) is 30.3. The lowest BCUT2D eigenvalue weighted by Gasteiger charge is -2.45. The molecule has 1 saturated heterocycles. The molecule has 3 aromatic carbocycles. The Hall–Kier alpha value is -3.54. The third-order valence-electron chi connectivity index (χ3n) is 6.32. The zero-order valence-corrected chi connectivity index (χ0v) is 21.0. The van der Waals surface area contributed by atoms with E-state index in [2.05, 4.69) is 16.7 Å². The molecule has 0 aromatic heterocycles. The van der Waals surface area contributed by atoms with Gasteiger partial charge in [0.1, 0.15) is 18.2 Å². The maximum absolute atomic E-state index is 12.1. The number of carbonyl (C=O) groups is 1. The second-order valence-corrected chi connectivity index (χ2v) is 9.13. The Labute approximate surface area is 218 Å². The molecule has 1 heterocycles. The predicted octanol–water partition coefficient (Wildman–Crippen LogP) is 3.74. The molecular formula is C30H33N3O4. The molecule has 1 amide bonds. The van der Waals surface area contributed by atoms with Gasteiger partial charge in [0.2, 0.25) is 5.91 Å². The van der Waals surface area contributed by atoms with Gasteiger partial charge in [-0.25, -0.2) is 0 Å². The number of hydrogen-bond acceptors (Lipinski definition) is 6. The van der Waals surface area contributed by atoms with Crippen molar-refractivity contribution in [3.05, 3.63) is 108 Å². The Morgan fingerprint density at radius 3 is 1.78 bits per heavy atom. The van der Waals surface area contributed by atoms with Crippen molar-refractivity contribution >= 4 is 5.91 Å². The Kier molecular flexibility index (Phi) is 9.81. The van der Waals surface area contributed by atoms with Crippen molar-refractivity contribution < 1.29 is 19.0 Å². The number of rotatable bonds is 11. The van der Waals surface area contributed by atoms with Crippen LogP contribution in [0.2, 0.25) is 0 Å². The van der Waals surface area contributed by atoms with E-state index in [0.29, 0.717) is 26.4 Å². The van der Waals surface area contributed by atoms with Gasteiger partial charge in [0.15, 0.2) is 0 Å². The van der Waals surface area contributed by atoms with Crippen LogP contribution in [-0.2, 0) is 38.8 Å². The highest BCUT2D eigenvalue weighted by molar-refractivity contribution is 5.73. The van der Waals surface area contributed by atoms with Crippen LogP contribution in [-0.4, -0.2) is 42.8 Å². The number of nitriles is 1. The van der Waals surface area contributed by atoms with E-state index in [9.17, 15) is 10.1 Å². The molecule has 0 spiro atoms. The smallest absolute Gasteiger partial charge is 0.217 e. The average molecular weight is 500 g/mol. The van der Waals surface area contributed by atoms with Gasteiger partial charge in [-0.05, 0) is 16.7 Å². The molecule has 5 atom stereocenters. The number of ether oxygens (including phenoxy) is 3. The van der Waals surface area contributed by atoms with Gasteiger partial charge in [-0.15, -0.1) is 0 Å². The Morgan fingerprint density at radius 2 is 1.30 bits per heavy atom. The molecular weight excluding hydrogens is 466 g/mol. The molecule has 37 heavy (non-hydrogen) atoms. The van der Waals surface area contributed by atoms with E-state index in [1.54, 1.807) is 0 Å². The first-order valence-electron chi connectivity index (χ1n) is 12.5. The highest BCUT2D eigenvalue weighted by Crippen LogP contribution is 2.25. The van der Waals surface area contributed by atoms with Gasteiger partial charge in [-0.2, -0.15) is 5.26 Å². The molecule has 0 radical (unpaired) electrons. The lowest BCUT2D eigenvalue weighted by atomic mass is 9.88. The predicted molar refractivity (Wildman–Crippen MR) is 140 cm³/mol. The third kappa shape index (κ3) is 7.72. The van der Waals surface area contributed by atoms with Crippen LogP contribution in [0.4, 0.5) is 0 Å². The molecule has 192 valence electrons. The van der Waals surface area contributed by atoms with Crippen molar-refractivity contribution in [2.24, 2.45) is 0 Å². The number of nitrogens with zero attached hydrogens (tertiary/aromatic N) is 1. The fourth-order valence-corrected chi connectivity index (χ4v) is 4.53. The number of nitrogens with one attached hydrogen (secondary N) is 2. The van der Waals surface area contributed by atoms with E-state index in [4.69, 9.17) is 14.2 Å². The Bertz CT molecular complexity index is 1140. The molecule has 4 rings (SSSR count). The maximum Gasteiger partial charge on any atom is 0.217 e. The number of amides is 1. The van der Waals surface area contributed by atoms with Crippen LogP contribution in [0.1, 0.15) is 23.6 Å². The fraction of sp³-hybridized carbons (Fsp3) is 0.333. The number of carbonyl (C=O) groups excluding carboxylic acids is 1. The number of piperidine rings is 1. The van der Waals surface area contributed by atoms with Crippen molar-refractivity contribution in [3.63, 3.8) is 0 Å². The summed E-state index contributed by atoms with van der Waals surface area (Å²) in [4.78, 5) is 12.1. The summed E-state index contributed by atoms with van der Waals surface area (Å²) in [6.45, 7) is 2.87. The van der Waals surface area contributed by atoms with Crippen LogP contribution in [0.15, 0.2) is 91.0 Å². The normalized spacial score (nSPS) is 23.2. The highest BCUT2D eigenvalue weighted by Gasteiger charge is 2.47. The van der Waals surface area contributed by atoms with E-state index >= 15 is 0 Å². The van der Waals surface area contributed by atoms with Crippen molar-refractivity contribution in [2.75, 3.05) is 6.61 Å². The van der Waals surface area contributed by atoms with Gasteiger partial charge in [0.05, 0.1) is 44.6 Å². The van der Waals surface area contributed by atoms with Crippen LogP contribution in [0.25, 0.3) is 0 Å². The minimum atomic E-state index is -0.674. The standard InChI is InChI=1S/C30H33N3O4/c1-22(34)32-28-26(17-31)33-27(21-35-18-23-11-5-2-6-12-23)29(36-19-24-13-7-3-8-14-24)30(28)37-20-25-15-9-4-10-16-25/h2-16,26-30,33H,18-21H2,1H3,(H,32,34)/t26-,27+,28-,29+,30+/m0/s1. The van der Waals surface area contributed by atoms with E-state index in [0.717, 1.165) is 16.7 Å². The Morgan fingerprint density at radius 1 is 0.811 bits per heavy atom. The first-order valence-corrected chi connectivity index (χ1v) is 12.5. The zero-order chi connectivity index (χ0) is 25.9. The van der Waals surface area contributed by atoms with Crippen molar-refractivity contribution in [3.8, 4) is 6.07 Å². The molecule has 0 unspecified atom stereocenters. The monoisotopic (exact) mass is 499 g/mol. The fourth-order valence-electron chi connectivity index (χ4n) is 4.53. The lowest BCUT2D eigenvalue weighted by Crippen LogP contribution is -2.70. The lowest BCUT2D eigenvalue weighted by molar-refractivity contribution is -0.146. The van der Waals surface area contributed by atoms with Gasteiger partial charge >= 0.3 is 0 Å². The van der Waals surface area contributed by atoms with Crippen molar-refractivity contribution in [1.29, 1.82) is 5.26 Å². The summed E-state index contributed by atoms with van der Waals surface area (Å²) in [5.41, 5.74) is 3.08. The van der Waals surface area contributed by atoms with Crippen LogP contribution in [0.5, 0.6) is 0 Å².